The molecule has 0 aliphatic heterocycles. The highest BCUT2D eigenvalue weighted by atomic mass is 15.2. The maximum absolute atomic E-state index is 5.48. The predicted molar refractivity (Wildman–Crippen MR) is 43.2 cm³/mol. The lowest BCUT2D eigenvalue weighted by Crippen LogP contribution is -2.28. The molecule has 0 aromatic carbocycles. The minimum Gasteiger partial charge on any atom is -0.401 e. The van der Waals surface area contributed by atoms with Gasteiger partial charge in [-0.1, -0.05) is 0 Å². The molecule has 0 saturated carbocycles. The molecule has 0 rings (SSSR count). The van der Waals surface area contributed by atoms with Gasteiger partial charge in [0.05, 0.1) is 11.4 Å². The highest BCUT2D eigenvalue weighted by molar-refractivity contribution is 5.97. The van der Waals surface area contributed by atoms with Gasteiger partial charge in [-0.05, 0) is 13.8 Å². The summed E-state index contributed by atoms with van der Waals surface area (Å²) < 4.78 is 0. The summed E-state index contributed by atoms with van der Waals surface area (Å²) in [6, 6.07) is 0. The summed E-state index contributed by atoms with van der Waals surface area (Å²) in [5, 5.41) is 0. The molecule has 58 valence electrons. The van der Waals surface area contributed by atoms with Gasteiger partial charge in [-0.3, -0.25) is 10.8 Å². The molecule has 0 amide bonds. The molecule has 0 saturated heterocycles. The van der Waals surface area contributed by atoms with Gasteiger partial charge in [-0.2, -0.15) is 0 Å². The molecule has 0 aliphatic carbocycles. The zero-order valence-corrected chi connectivity index (χ0v) is 6.60. The summed E-state index contributed by atoms with van der Waals surface area (Å²) in [6.07, 6.45) is 0. The van der Waals surface area contributed by atoms with Gasteiger partial charge < -0.3 is 11.2 Å². The van der Waals surface area contributed by atoms with Crippen molar-refractivity contribution < 1.29 is 0 Å². The fraction of sp³-hybridized carbons (Fsp3) is 0.500. The number of nitrogens with zero attached hydrogens (tertiary/aromatic N) is 1. The molecule has 0 aliphatic rings. The Morgan fingerprint density at radius 3 is 2.00 bits per heavy atom. The standard InChI is InChI=1S/C6H14N4/c1-4(7)6(10-8)5(2)9-3/h10H,7-8H2,1-3H3/b6-4+,9-5?. The van der Waals surface area contributed by atoms with E-state index in [4.69, 9.17) is 11.6 Å². The van der Waals surface area contributed by atoms with Gasteiger partial charge in [0.15, 0.2) is 0 Å². The summed E-state index contributed by atoms with van der Waals surface area (Å²) >= 11 is 0. The molecule has 0 aromatic rings. The Balaban J connectivity index is 4.54. The summed E-state index contributed by atoms with van der Waals surface area (Å²) in [5.41, 5.74) is 10.1. The van der Waals surface area contributed by atoms with Crippen LogP contribution >= 0.6 is 0 Å². The van der Waals surface area contributed by atoms with E-state index < -0.39 is 0 Å². The van der Waals surface area contributed by atoms with Crippen molar-refractivity contribution in [1.29, 1.82) is 0 Å². The van der Waals surface area contributed by atoms with E-state index in [0.29, 0.717) is 11.4 Å². The van der Waals surface area contributed by atoms with E-state index in [1.165, 1.54) is 0 Å². The second-order valence-electron chi connectivity index (χ2n) is 2.01. The van der Waals surface area contributed by atoms with Crippen LogP contribution in [0.15, 0.2) is 16.4 Å². The highest BCUT2D eigenvalue weighted by Crippen LogP contribution is 1.94. The quantitative estimate of drug-likeness (QED) is 0.282. The molecule has 5 N–H and O–H groups in total. The Labute approximate surface area is 61.0 Å². The van der Waals surface area contributed by atoms with Gasteiger partial charge >= 0.3 is 0 Å². The number of hydrogen-bond acceptors (Lipinski definition) is 4. The van der Waals surface area contributed by atoms with Crippen molar-refractivity contribution in [1.82, 2.24) is 5.43 Å². The monoisotopic (exact) mass is 142 g/mol. The van der Waals surface area contributed by atoms with Crippen molar-refractivity contribution in [2.24, 2.45) is 16.6 Å². The predicted octanol–water partition coefficient (Wildman–Crippen LogP) is -0.269. The number of nitrogens with one attached hydrogen (secondary N) is 1. The maximum Gasteiger partial charge on any atom is 0.0880 e. The number of allylic oxidation sites excluding steroid dienone is 2. The summed E-state index contributed by atoms with van der Waals surface area (Å²) in [7, 11) is 1.69. The number of rotatable bonds is 2. The van der Waals surface area contributed by atoms with Crippen molar-refractivity contribution in [3.05, 3.63) is 11.4 Å². The first kappa shape index (κ1) is 8.97. The van der Waals surface area contributed by atoms with Crippen molar-refractivity contribution in [3.8, 4) is 0 Å². The van der Waals surface area contributed by atoms with Crippen LogP contribution in [-0.4, -0.2) is 12.8 Å². The molecular formula is C6H14N4. The molecule has 10 heavy (non-hydrogen) atoms. The van der Waals surface area contributed by atoms with Crippen LogP contribution < -0.4 is 17.0 Å². The summed E-state index contributed by atoms with van der Waals surface area (Å²) in [5.74, 6) is 5.18. The fourth-order valence-electron chi connectivity index (χ4n) is 0.615. The molecule has 0 bridgehead atoms. The molecule has 0 fully saturated rings. The maximum atomic E-state index is 5.48. The average Bonchev–Trinajstić information content (AvgIpc) is 1.88. The van der Waals surface area contributed by atoms with E-state index in [-0.39, 0.29) is 0 Å². The van der Waals surface area contributed by atoms with Crippen LogP contribution in [0.1, 0.15) is 13.8 Å². The zero-order chi connectivity index (χ0) is 8.15. The summed E-state index contributed by atoms with van der Waals surface area (Å²) in [4.78, 5) is 3.92. The number of nitrogens with two attached hydrogens (primary N) is 2. The highest BCUT2D eigenvalue weighted by Gasteiger charge is 1.99. The van der Waals surface area contributed by atoms with Crippen LogP contribution in [0, 0.1) is 0 Å². The molecular weight excluding hydrogens is 128 g/mol. The third kappa shape index (κ3) is 2.06. The van der Waals surface area contributed by atoms with Gasteiger partial charge in [-0.25, -0.2) is 0 Å². The number of aliphatic imine (C=N–C) groups is 1. The van der Waals surface area contributed by atoms with Crippen molar-refractivity contribution in [3.63, 3.8) is 0 Å². The molecule has 0 aromatic heterocycles. The Bertz CT molecular complexity index is 158. The first-order valence-corrected chi connectivity index (χ1v) is 3.00. The van der Waals surface area contributed by atoms with E-state index in [2.05, 4.69) is 10.4 Å². The smallest absolute Gasteiger partial charge is 0.0880 e. The zero-order valence-electron chi connectivity index (χ0n) is 6.60. The van der Waals surface area contributed by atoms with Crippen molar-refractivity contribution in [2.75, 3.05) is 7.05 Å². The largest absolute Gasteiger partial charge is 0.401 e. The molecule has 0 radical (unpaired) electrons. The first-order chi connectivity index (χ1) is 4.63. The van der Waals surface area contributed by atoms with E-state index in [0.717, 1.165) is 5.71 Å². The number of hydrogen-bond donors (Lipinski definition) is 3. The van der Waals surface area contributed by atoms with Crippen LogP contribution in [0.3, 0.4) is 0 Å². The lowest BCUT2D eigenvalue weighted by molar-refractivity contribution is 0.904. The Hall–Kier alpha value is -1.03. The normalized spacial score (nSPS) is 14.6. The molecule has 0 spiro atoms. The average molecular weight is 142 g/mol. The minimum absolute atomic E-state index is 0.644. The van der Waals surface area contributed by atoms with Crippen LogP contribution in [0.25, 0.3) is 0 Å². The SMILES string of the molecule is CN=C(C)/C(NN)=C(/C)N. The van der Waals surface area contributed by atoms with Crippen LogP contribution in [0.4, 0.5) is 0 Å². The number of hydrazine groups is 1. The van der Waals surface area contributed by atoms with Gasteiger partial charge in [-0.15, -0.1) is 0 Å². The van der Waals surface area contributed by atoms with Crippen molar-refractivity contribution in [2.45, 2.75) is 13.8 Å². The van der Waals surface area contributed by atoms with Gasteiger partial charge in [0.1, 0.15) is 0 Å². The van der Waals surface area contributed by atoms with E-state index in [1.54, 1.807) is 14.0 Å². The summed E-state index contributed by atoms with van der Waals surface area (Å²) in [6.45, 7) is 3.61. The molecule has 4 heteroatoms. The Kier molecular flexibility index (Phi) is 3.49. The third-order valence-electron chi connectivity index (χ3n) is 1.24. The fourth-order valence-corrected chi connectivity index (χ4v) is 0.615. The third-order valence-corrected chi connectivity index (χ3v) is 1.24. The minimum atomic E-state index is 0.644. The van der Waals surface area contributed by atoms with Crippen LogP contribution in [-0.2, 0) is 0 Å². The second-order valence-corrected chi connectivity index (χ2v) is 2.01. The molecule has 0 heterocycles. The van der Waals surface area contributed by atoms with Gasteiger partial charge in [0, 0.05) is 12.7 Å². The topological polar surface area (TPSA) is 76.4 Å². The van der Waals surface area contributed by atoms with Gasteiger partial charge in [0.2, 0.25) is 0 Å². The first-order valence-electron chi connectivity index (χ1n) is 3.00. The van der Waals surface area contributed by atoms with Gasteiger partial charge in [0.25, 0.3) is 0 Å². The van der Waals surface area contributed by atoms with E-state index in [9.17, 15) is 0 Å². The molecule has 0 unspecified atom stereocenters. The molecule has 0 atom stereocenters. The van der Waals surface area contributed by atoms with Crippen LogP contribution in [0.2, 0.25) is 0 Å². The lowest BCUT2D eigenvalue weighted by Gasteiger charge is -2.06. The second kappa shape index (κ2) is 3.90. The van der Waals surface area contributed by atoms with Crippen LogP contribution in [0.5, 0.6) is 0 Å². The Morgan fingerprint density at radius 1 is 1.40 bits per heavy atom. The molecule has 4 nitrogen and oxygen atoms in total. The van der Waals surface area contributed by atoms with E-state index in [1.807, 2.05) is 6.92 Å². The van der Waals surface area contributed by atoms with Crippen molar-refractivity contribution >= 4 is 5.71 Å². The Morgan fingerprint density at radius 2 is 1.90 bits per heavy atom. The van der Waals surface area contributed by atoms with E-state index >= 15 is 0 Å². The lowest BCUT2D eigenvalue weighted by atomic mass is 10.2.